The quantitative estimate of drug-likeness (QED) is 0.341. The standard InChI is InChI=1S/C23H27N3O4S2/c1-5-6-11-30-23(29)16-7-9-17(10-8-16)24-20(27)15(4)31-12-18-25-21(28)19-13(2)14(3)32-22(19)26-18/h7-10,15H,5-6,11-12H2,1-4H3,(H,24,27)(H,25,26,28). The molecule has 9 heteroatoms. The van der Waals surface area contributed by atoms with Gasteiger partial charge in [-0.2, -0.15) is 0 Å². The van der Waals surface area contributed by atoms with Crippen LogP contribution in [0, 0.1) is 13.8 Å². The maximum Gasteiger partial charge on any atom is 0.338 e. The Labute approximate surface area is 195 Å². The summed E-state index contributed by atoms with van der Waals surface area (Å²) in [5, 5.41) is 3.13. The number of thiophene rings is 1. The molecule has 32 heavy (non-hydrogen) atoms. The van der Waals surface area contributed by atoms with Crippen molar-refractivity contribution in [3.8, 4) is 0 Å². The lowest BCUT2D eigenvalue weighted by Gasteiger charge is -2.12. The molecule has 0 radical (unpaired) electrons. The van der Waals surface area contributed by atoms with Gasteiger partial charge in [-0.25, -0.2) is 9.78 Å². The second kappa shape index (κ2) is 10.8. The van der Waals surface area contributed by atoms with Gasteiger partial charge in [0.05, 0.1) is 28.6 Å². The number of hydrogen-bond acceptors (Lipinski definition) is 7. The van der Waals surface area contributed by atoms with Crippen molar-refractivity contribution in [2.45, 2.75) is 51.5 Å². The number of aryl methyl sites for hydroxylation is 2. The molecule has 0 aliphatic rings. The molecule has 2 heterocycles. The number of amides is 1. The van der Waals surface area contributed by atoms with Crippen molar-refractivity contribution in [3.63, 3.8) is 0 Å². The summed E-state index contributed by atoms with van der Waals surface area (Å²) in [7, 11) is 0. The van der Waals surface area contributed by atoms with E-state index in [2.05, 4.69) is 15.3 Å². The van der Waals surface area contributed by atoms with Gasteiger partial charge in [0.25, 0.3) is 5.56 Å². The van der Waals surface area contributed by atoms with Gasteiger partial charge in [0, 0.05) is 10.6 Å². The van der Waals surface area contributed by atoms with Crippen molar-refractivity contribution in [3.05, 3.63) is 56.4 Å². The third kappa shape index (κ3) is 5.77. The van der Waals surface area contributed by atoms with E-state index in [-0.39, 0.29) is 22.7 Å². The number of fused-ring (bicyclic) bond motifs is 1. The lowest BCUT2D eigenvalue weighted by Crippen LogP contribution is -2.23. The van der Waals surface area contributed by atoms with Crippen LogP contribution in [0.1, 0.15) is 53.3 Å². The van der Waals surface area contributed by atoms with Gasteiger partial charge in [0.15, 0.2) is 0 Å². The highest BCUT2D eigenvalue weighted by Gasteiger charge is 2.17. The van der Waals surface area contributed by atoms with E-state index in [1.807, 2.05) is 20.8 Å². The average molecular weight is 474 g/mol. The summed E-state index contributed by atoms with van der Waals surface area (Å²) >= 11 is 2.90. The van der Waals surface area contributed by atoms with Gasteiger partial charge in [-0.05, 0) is 57.0 Å². The van der Waals surface area contributed by atoms with Gasteiger partial charge >= 0.3 is 5.97 Å². The summed E-state index contributed by atoms with van der Waals surface area (Å²) in [4.78, 5) is 46.1. The fourth-order valence-electron chi connectivity index (χ4n) is 2.97. The van der Waals surface area contributed by atoms with Crippen LogP contribution >= 0.6 is 23.1 Å². The number of carbonyl (C=O) groups excluding carboxylic acids is 2. The number of hydrogen-bond donors (Lipinski definition) is 2. The zero-order valence-electron chi connectivity index (χ0n) is 18.6. The first-order chi connectivity index (χ1) is 15.3. The summed E-state index contributed by atoms with van der Waals surface area (Å²) in [6.07, 6.45) is 1.79. The topological polar surface area (TPSA) is 101 Å². The molecule has 2 N–H and O–H groups in total. The molecule has 0 saturated carbocycles. The fraction of sp³-hybridized carbons (Fsp3) is 0.391. The summed E-state index contributed by atoms with van der Waals surface area (Å²) in [5.41, 5.74) is 1.87. The second-order valence-electron chi connectivity index (χ2n) is 7.49. The molecule has 1 unspecified atom stereocenters. The number of nitrogens with one attached hydrogen (secondary N) is 2. The Morgan fingerprint density at radius 2 is 1.97 bits per heavy atom. The van der Waals surface area contributed by atoms with E-state index in [0.29, 0.717) is 34.8 Å². The summed E-state index contributed by atoms with van der Waals surface area (Å²) in [6.45, 7) is 8.14. The number of anilines is 1. The maximum absolute atomic E-state index is 12.5. The Morgan fingerprint density at radius 1 is 1.25 bits per heavy atom. The molecule has 0 aliphatic carbocycles. The van der Waals surface area contributed by atoms with Crippen molar-refractivity contribution in [2.75, 3.05) is 11.9 Å². The predicted octanol–water partition coefficient (Wildman–Crippen LogP) is 4.82. The Bertz CT molecular complexity index is 1170. The van der Waals surface area contributed by atoms with E-state index in [0.717, 1.165) is 28.1 Å². The third-order valence-electron chi connectivity index (χ3n) is 5.05. The molecular formula is C23H27N3O4S2. The van der Waals surface area contributed by atoms with Crippen LogP contribution in [0.3, 0.4) is 0 Å². The third-order valence-corrected chi connectivity index (χ3v) is 7.30. The highest BCUT2D eigenvalue weighted by atomic mass is 32.2. The summed E-state index contributed by atoms with van der Waals surface area (Å²) in [6, 6.07) is 6.63. The Balaban J connectivity index is 1.55. The SMILES string of the molecule is CCCCOC(=O)c1ccc(NC(=O)C(C)SCc2nc3sc(C)c(C)c3c(=O)[nH]2)cc1. The first-order valence-electron chi connectivity index (χ1n) is 10.5. The molecule has 170 valence electrons. The number of benzene rings is 1. The van der Waals surface area contributed by atoms with Crippen LogP contribution < -0.4 is 10.9 Å². The van der Waals surface area contributed by atoms with Gasteiger partial charge in [-0.15, -0.1) is 23.1 Å². The van der Waals surface area contributed by atoms with Gasteiger partial charge in [-0.3, -0.25) is 9.59 Å². The molecule has 1 atom stereocenters. The van der Waals surface area contributed by atoms with Crippen molar-refractivity contribution >= 4 is 50.9 Å². The number of carbonyl (C=O) groups is 2. The Hall–Kier alpha value is -2.65. The van der Waals surface area contributed by atoms with Crippen LogP contribution in [0.2, 0.25) is 0 Å². The first-order valence-corrected chi connectivity index (χ1v) is 12.3. The number of nitrogens with zero attached hydrogens (tertiary/aromatic N) is 1. The zero-order valence-corrected chi connectivity index (χ0v) is 20.2. The van der Waals surface area contributed by atoms with E-state index in [1.54, 1.807) is 31.2 Å². The molecule has 0 spiro atoms. The highest BCUT2D eigenvalue weighted by molar-refractivity contribution is 7.99. The predicted molar refractivity (Wildman–Crippen MR) is 131 cm³/mol. The molecule has 2 aromatic heterocycles. The smallest absolute Gasteiger partial charge is 0.338 e. The second-order valence-corrected chi connectivity index (χ2v) is 10.0. The lowest BCUT2D eigenvalue weighted by molar-refractivity contribution is -0.115. The molecule has 7 nitrogen and oxygen atoms in total. The Morgan fingerprint density at radius 3 is 2.66 bits per heavy atom. The largest absolute Gasteiger partial charge is 0.462 e. The molecule has 0 aliphatic heterocycles. The number of H-pyrrole nitrogens is 1. The van der Waals surface area contributed by atoms with Crippen molar-refractivity contribution < 1.29 is 14.3 Å². The van der Waals surface area contributed by atoms with E-state index >= 15 is 0 Å². The minimum Gasteiger partial charge on any atom is -0.462 e. The van der Waals surface area contributed by atoms with Crippen molar-refractivity contribution in [2.24, 2.45) is 0 Å². The first kappa shape index (κ1) is 24.0. The van der Waals surface area contributed by atoms with Crippen LogP contribution in [0.5, 0.6) is 0 Å². The van der Waals surface area contributed by atoms with Gasteiger partial charge < -0.3 is 15.0 Å². The lowest BCUT2D eigenvalue weighted by atomic mass is 10.2. The van der Waals surface area contributed by atoms with E-state index < -0.39 is 0 Å². The molecule has 1 aromatic carbocycles. The van der Waals surface area contributed by atoms with Crippen molar-refractivity contribution in [1.82, 2.24) is 9.97 Å². The van der Waals surface area contributed by atoms with Gasteiger partial charge in [-0.1, -0.05) is 13.3 Å². The average Bonchev–Trinajstić information content (AvgIpc) is 3.06. The monoisotopic (exact) mass is 473 g/mol. The number of ether oxygens (including phenoxy) is 1. The molecule has 0 saturated heterocycles. The van der Waals surface area contributed by atoms with Crippen LogP contribution in [0.25, 0.3) is 10.2 Å². The minimum atomic E-state index is -0.366. The van der Waals surface area contributed by atoms with E-state index in [4.69, 9.17) is 4.74 Å². The molecular weight excluding hydrogens is 446 g/mol. The van der Waals surface area contributed by atoms with Gasteiger partial charge in [0.2, 0.25) is 5.91 Å². The molecule has 0 fully saturated rings. The number of rotatable bonds is 9. The number of thioether (sulfide) groups is 1. The van der Waals surface area contributed by atoms with Crippen LogP contribution in [-0.2, 0) is 15.3 Å². The molecule has 0 bridgehead atoms. The van der Waals surface area contributed by atoms with Crippen LogP contribution in [0.4, 0.5) is 5.69 Å². The van der Waals surface area contributed by atoms with Crippen molar-refractivity contribution in [1.29, 1.82) is 0 Å². The normalized spacial score (nSPS) is 12.0. The van der Waals surface area contributed by atoms with Gasteiger partial charge in [0.1, 0.15) is 10.7 Å². The fourth-order valence-corrected chi connectivity index (χ4v) is 4.78. The number of aromatic amines is 1. The Kier molecular flexibility index (Phi) is 8.09. The summed E-state index contributed by atoms with van der Waals surface area (Å²) in [5.74, 6) is 0.437. The molecule has 3 aromatic rings. The van der Waals surface area contributed by atoms with Crippen LogP contribution in [-0.4, -0.2) is 33.7 Å². The van der Waals surface area contributed by atoms with Crippen LogP contribution in [0.15, 0.2) is 29.1 Å². The number of aromatic nitrogens is 2. The minimum absolute atomic E-state index is 0.141. The number of esters is 1. The zero-order chi connectivity index (χ0) is 23.3. The number of unbranched alkanes of at least 4 members (excludes halogenated alkanes) is 1. The summed E-state index contributed by atoms with van der Waals surface area (Å²) < 4.78 is 5.18. The van der Waals surface area contributed by atoms with E-state index in [9.17, 15) is 14.4 Å². The maximum atomic E-state index is 12.5. The molecule has 3 rings (SSSR count). The molecule has 1 amide bonds. The van der Waals surface area contributed by atoms with E-state index in [1.165, 1.54) is 23.1 Å². The highest BCUT2D eigenvalue weighted by Crippen LogP contribution is 2.26.